The average molecular weight is 473 g/mol. The summed E-state index contributed by atoms with van der Waals surface area (Å²) in [5, 5.41) is 3.06. The number of sulfonamides is 1. The number of carbonyl (C=O) groups is 1. The van der Waals surface area contributed by atoms with Crippen molar-refractivity contribution in [3.8, 4) is 5.75 Å². The van der Waals surface area contributed by atoms with Gasteiger partial charge in [0.05, 0.1) is 23.6 Å². The fraction of sp³-hybridized carbons (Fsp3) is 0.208. The number of methoxy groups -OCH3 is 1. The summed E-state index contributed by atoms with van der Waals surface area (Å²) in [5.41, 5.74) is 2.39. The molecule has 0 unspecified atom stereocenters. The molecule has 8 heteroatoms. The summed E-state index contributed by atoms with van der Waals surface area (Å²) < 4.78 is 32.9. The second kappa shape index (κ2) is 10.6. The molecule has 0 radical (unpaired) electrons. The summed E-state index contributed by atoms with van der Waals surface area (Å²) in [6.45, 7) is 1.72. The fourth-order valence-corrected chi connectivity index (χ4v) is 4.80. The van der Waals surface area contributed by atoms with Gasteiger partial charge in [-0.2, -0.15) is 4.31 Å². The Kier molecular flexibility index (Phi) is 7.90. The van der Waals surface area contributed by atoms with E-state index >= 15 is 0 Å². The topological polar surface area (TPSA) is 75.7 Å². The number of nitrogens with zero attached hydrogens (tertiary/aromatic N) is 1. The third-order valence-corrected chi connectivity index (χ3v) is 7.06. The number of rotatable bonds is 9. The second-order valence-electron chi connectivity index (χ2n) is 7.28. The number of hydrogen-bond acceptors (Lipinski definition) is 4. The minimum absolute atomic E-state index is 0.149. The van der Waals surface area contributed by atoms with Gasteiger partial charge in [0.15, 0.2) is 0 Å². The summed E-state index contributed by atoms with van der Waals surface area (Å²) in [6.07, 6.45) is 0.480. The maximum Gasteiger partial charge on any atom is 0.243 e. The molecule has 0 atom stereocenters. The molecule has 0 aliphatic carbocycles. The molecule has 0 aliphatic rings. The summed E-state index contributed by atoms with van der Waals surface area (Å²) in [6, 6.07) is 21.0. The van der Waals surface area contributed by atoms with E-state index in [9.17, 15) is 13.2 Å². The van der Waals surface area contributed by atoms with Crippen LogP contribution in [0.4, 0.5) is 5.69 Å². The molecule has 1 amide bonds. The number of hydrogen-bond donors (Lipinski definition) is 1. The van der Waals surface area contributed by atoms with Gasteiger partial charge >= 0.3 is 0 Å². The highest BCUT2D eigenvalue weighted by Gasteiger charge is 2.26. The zero-order chi connectivity index (χ0) is 23.1. The number of anilines is 1. The maximum atomic E-state index is 13.3. The predicted molar refractivity (Wildman–Crippen MR) is 127 cm³/mol. The van der Waals surface area contributed by atoms with Crippen molar-refractivity contribution in [1.29, 1.82) is 0 Å². The minimum Gasteiger partial charge on any atom is -0.495 e. The number of benzene rings is 3. The number of carbonyl (C=O) groups excluding carboxylic acids is 1. The lowest BCUT2D eigenvalue weighted by atomic mass is 10.1. The Hall–Kier alpha value is -2.87. The Labute approximate surface area is 193 Å². The van der Waals surface area contributed by atoms with Crippen molar-refractivity contribution in [3.63, 3.8) is 0 Å². The quantitative estimate of drug-likeness (QED) is 0.496. The SMILES string of the molecule is COc1ccc(NC(=O)CN(CCc2ccccc2)S(=O)(=O)c2ccc(C)cc2)cc1Cl. The molecule has 0 aromatic heterocycles. The summed E-state index contributed by atoms with van der Waals surface area (Å²) in [4.78, 5) is 12.9. The van der Waals surface area contributed by atoms with Crippen LogP contribution < -0.4 is 10.1 Å². The molecule has 3 aromatic carbocycles. The van der Waals surface area contributed by atoms with Gasteiger partial charge < -0.3 is 10.1 Å². The first-order valence-corrected chi connectivity index (χ1v) is 11.9. The maximum absolute atomic E-state index is 13.3. The highest BCUT2D eigenvalue weighted by molar-refractivity contribution is 7.89. The molecule has 0 spiro atoms. The van der Waals surface area contributed by atoms with E-state index < -0.39 is 15.9 Å². The lowest BCUT2D eigenvalue weighted by Crippen LogP contribution is -2.39. The lowest BCUT2D eigenvalue weighted by Gasteiger charge is -2.22. The normalized spacial score (nSPS) is 11.4. The third-order valence-electron chi connectivity index (χ3n) is 4.91. The van der Waals surface area contributed by atoms with Crippen LogP contribution in [0.25, 0.3) is 0 Å². The van der Waals surface area contributed by atoms with Crippen LogP contribution >= 0.6 is 11.6 Å². The molecular formula is C24H25ClN2O4S. The number of amides is 1. The van der Waals surface area contributed by atoms with E-state index in [2.05, 4.69) is 5.32 Å². The van der Waals surface area contributed by atoms with Crippen LogP contribution in [0.1, 0.15) is 11.1 Å². The van der Waals surface area contributed by atoms with Gasteiger partial charge in [-0.25, -0.2) is 8.42 Å². The molecule has 0 heterocycles. The van der Waals surface area contributed by atoms with Crippen molar-refractivity contribution in [2.24, 2.45) is 0 Å². The summed E-state index contributed by atoms with van der Waals surface area (Å²) in [5.74, 6) is 0.0195. The number of ether oxygens (including phenoxy) is 1. The first-order chi connectivity index (χ1) is 15.3. The van der Waals surface area contributed by atoms with Gasteiger partial charge in [0.1, 0.15) is 5.75 Å². The van der Waals surface area contributed by atoms with Gasteiger partial charge in [-0.3, -0.25) is 4.79 Å². The minimum atomic E-state index is -3.87. The molecule has 0 bridgehead atoms. The zero-order valence-corrected chi connectivity index (χ0v) is 19.5. The van der Waals surface area contributed by atoms with Crippen molar-refractivity contribution in [3.05, 3.63) is 88.9 Å². The van der Waals surface area contributed by atoms with E-state index in [0.29, 0.717) is 22.9 Å². The highest BCUT2D eigenvalue weighted by Crippen LogP contribution is 2.27. The molecule has 0 saturated heterocycles. The second-order valence-corrected chi connectivity index (χ2v) is 9.63. The van der Waals surface area contributed by atoms with E-state index in [1.165, 1.54) is 11.4 Å². The Bertz CT molecular complexity index is 1170. The van der Waals surface area contributed by atoms with Crippen molar-refractivity contribution < 1.29 is 17.9 Å². The van der Waals surface area contributed by atoms with Crippen LogP contribution in [0.5, 0.6) is 5.75 Å². The van der Waals surface area contributed by atoms with Crippen LogP contribution in [0, 0.1) is 6.92 Å². The fourth-order valence-electron chi connectivity index (χ4n) is 3.15. The largest absolute Gasteiger partial charge is 0.495 e. The summed E-state index contributed by atoms with van der Waals surface area (Å²) >= 11 is 6.12. The first kappa shape index (κ1) is 23.8. The van der Waals surface area contributed by atoms with E-state index in [0.717, 1.165) is 11.1 Å². The van der Waals surface area contributed by atoms with Crippen molar-refractivity contribution >= 4 is 33.2 Å². The molecule has 0 saturated carbocycles. The van der Waals surface area contributed by atoms with Crippen LogP contribution in [0.15, 0.2) is 77.7 Å². The standard InChI is InChI=1S/C24H25ClN2O4S/c1-18-8-11-21(12-9-18)32(29,30)27(15-14-19-6-4-3-5-7-19)17-24(28)26-20-10-13-23(31-2)22(25)16-20/h3-13,16H,14-15,17H2,1-2H3,(H,26,28). The lowest BCUT2D eigenvalue weighted by molar-refractivity contribution is -0.116. The Morgan fingerprint density at radius 3 is 2.34 bits per heavy atom. The van der Waals surface area contributed by atoms with E-state index in [4.69, 9.17) is 16.3 Å². The van der Waals surface area contributed by atoms with E-state index in [1.54, 1.807) is 42.5 Å². The molecule has 1 N–H and O–H groups in total. The molecule has 3 rings (SSSR count). The van der Waals surface area contributed by atoms with Crippen LogP contribution in [-0.2, 0) is 21.2 Å². The predicted octanol–water partition coefficient (Wildman–Crippen LogP) is 4.53. The monoisotopic (exact) mass is 472 g/mol. The Morgan fingerprint density at radius 2 is 1.72 bits per heavy atom. The molecule has 168 valence electrons. The molecule has 6 nitrogen and oxygen atoms in total. The Balaban J connectivity index is 1.80. The van der Waals surface area contributed by atoms with E-state index in [1.807, 2.05) is 37.3 Å². The summed E-state index contributed by atoms with van der Waals surface area (Å²) in [7, 11) is -2.37. The number of aryl methyl sites for hydroxylation is 1. The van der Waals surface area contributed by atoms with Gasteiger partial charge in [-0.05, 0) is 49.2 Å². The van der Waals surface area contributed by atoms with Crippen LogP contribution in [0.2, 0.25) is 5.02 Å². The van der Waals surface area contributed by atoms with Crippen LogP contribution in [-0.4, -0.2) is 38.8 Å². The average Bonchev–Trinajstić information content (AvgIpc) is 2.77. The van der Waals surface area contributed by atoms with Crippen molar-refractivity contribution in [2.45, 2.75) is 18.2 Å². The van der Waals surface area contributed by atoms with Gasteiger partial charge in [-0.1, -0.05) is 59.6 Å². The van der Waals surface area contributed by atoms with Gasteiger partial charge in [0.2, 0.25) is 15.9 Å². The Morgan fingerprint density at radius 1 is 1.03 bits per heavy atom. The number of halogens is 1. The van der Waals surface area contributed by atoms with Gasteiger partial charge in [0.25, 0.3) is 0 Å². The van der Waals surface area contributed by atoms with E-state index in [-0.39, 0.29) is 18.0 Å². The molecule has 0 aliphatic heterocycles. The van der Waals surface area contributed by atoms with Crippen molar-refractivity contribution in [2.75, 3.05) is 25.5 Å². The highest BCUT2D eigenvalue weighted by atomic mass is 35.5. The molecule has 3 aromatic rings. The molecule has 32 heavy (non-hydrogen) atoms. The zero-order valence-electron chi connectivity index (χ0n) is 17.9. The first-order valence-electron chi connectivity index (χ1n) is 10.0. The van der Waals surface area contributed by atoms with Gasteiger partial charge in [0, 0.05) is 12.2 Å². The van der Waals surface area contributed by atoms with Gasteiger partial charge in [-0.15, -0.1) is 0 Å². The third kappa shape index (κ3) is 6.09. The number of nitrogens with one attached hydrogen (secondary N) is 1. The van der Waals surface area contributed by atoms with Crippen molar-refractivity contribution in [1.82, 2.24) is 4.31 Å². The van der Waals surface area contributed by atoms with Crippen LogP contribution in [0.3, 0.4) is 0 Å². The smallest absolute Gasteiger partial charge is 0.243 e. The molecular weight excluding hydrogens is 448 g/mol. The molecule has 0 fully saturated rings.